The highest BCUT2D eigenvalue weighted by Gasteiger charge is 2.33. The largest absolute Gasteiger partial charge is 0.496 e. The topological polar surface area (TPSA) is 134 Å². The van der Waals surface area contributed by atoms with E-state index in [1.165, 1.54) is 25.2 Å². The summed E-state index contributed by atoms with van der Waals surface area (Å²) in [4.78, 5) is 39.9. The summed E-state index contributed by atoms with van der Waals surface area (Å²) in [5, 5.41) is 13.4. The van der Waals surface area contributed by atoms with Gasteiger partial charge in [-0.1, -0.05) is 43.4 Å². The van der Waals surface area contributed by atoms with Crippen LogP contribution in [-0.4, -0.2) is 43.1 Å². The Morgan fingerprint density at radius 3 is 2.33 bits per heavy atom. The van der Waals surface area contributed by atoms with E-state index in [-0.39, 0.29) is 12.6 Å². The first kappa shape index (κ1) is 31.5. The molecule has 3 N–H and O–H groups in total. The molecular weight excluding hydrogens is 518 g/mol. The first-order valence-electron chi connectivity index (χ1n) is 12.8. The normalized spacial score (nSPS) is 11.0. The Kier molecular flexibility index (Phi) is 10.8. The number of primary amides is 1. The Balaban J connectivity index is 0.000000815. The Hall–Kier alpha value is -3.70. The number of nitrogens with zero attached hydrogens (tertiary/aromatic N) is 4. The minimum atomic E-state index is -1.51. The summed E-state index contributed by atoms with van der Waals surface area (Å²) in [6.45, 7) is 12.5. The van der Waals surface area contributed by atoms with Crippen LogP contribution >= 0.6 is 11.3 Å². The Labute approximate surface area is 232 Å². The number of methoxy groups -OCH3 is 1. The lowest BCUT2D eigenvalue weighted by molar-refractivity contribution is -0.125. The molecule has 0 saturated heterocycles. The second-order valence-corrected chi connectivity index (χ2v) is 10.3. The van der Waals surface area contributed by atoms with Crippen molar-refractivity contribution >= 4 is 27.5 Å². The predicted molar refractivity (Wildman–Crippen MR) is 156 cm³/mol. The van der Waals surface area contributed by atoms with E-state index in [4.69, 9.17) is 15.6 Å². The first-order chi connectivity index (χ1) is 18.4. The van der Waals surface area contributed by atoms with Gasteiger partial charge in [0.15, 0.2) is 0 Å². The summed E-state index contributed by atoms with van der Waals surface area (Å²) in [5.41, 5.74) is 4.56. The van der Waals surface area contributed by atoms with E-state index in [0.29, 0.717) is 28.0 Å². The van der Waals surface area contributed by atoms with E-state index < -0.39 is 22.7 Å². The van der Waals surface area contributed by atoms with Gasteiger partial charge in [0.05, 0.1) is 12.5 Å². The minimum absolute atomic E-state index is 0.167. The van der Waals surface area contributed by atoms with E-state index in [1.807, 2.05) is 45.0 Å². The lowest BCUT2D eigenvalue weighted by atomic mass is 10.0. The summed E-state index contributed by atoms with van der Waals surface area (Å²) >= 11 is 1.31. The Bertz CT molecular complexity index is 1510. The zero-order chi connectivity index (χ0) is 29.5. The minimum Gasteiger partial charge on any atom is -0.496 e. The molecule has 1 aromatic carbocycles. The molecule has 0 bridgehead atoms. The molecule has 4 rings (SSSR count). The summed E-state index contributed by atoms with van der Waals surface area (Å²) < 4.78 is 9.61. The SMILES string of the molecule is CC.CC(C)O.COc1ccccc1CCn1c(=O)n(C(C)(C)C(N)=O)c(=O)c2c(C)c(-n3cccn3)sc21. The van der Waals surface area contributed by atoms with Crippen molar-refractivity contribution in [2.45, 2.75) is 73.1 Å². The third-order valence-electron chi connectivity index (χ3n) is 5.86. The van der Waals surface area contributed by atoms with E-state index in [2.05, 4.69) is 5.10 Å². The molecule has 0 aliphatic carbocycles. The number of benzene rings is 1. The van der Waals surface area contributed by atoms with Crippen molar-refractivity contribution in [2.75, 3.05) is 7.11 Å². The number of aliphatic hydroxyl groups is 1. The molecule has 11 heteroatoms. The number of hydrogen-bond acceptors (Lipinski definition) is 7. The predicted octanol–water partition coefficient (Wildman–Crippen LogP) is 3.60. The number of hydrogen-bond donors (Lipinski definition) is 2. The van der Waals surface area contributed by atoms with Crippen molar-refractivity contribution in [1.82, 2.24) is 18.9 Å². The molecule has 0 fully saturated rings. The molecule has 0 aliphatic rings. The van der Waals surface area contributed by atoms with Gasteiger partial charge in [-0.25, -0.2) is 14.0 Å². The smallest absolute Gasteiger partial charge is 0.333 e. The molecule has 10 nitrogen and oxygen atoms in total. The fraction of sp³-hybridized carbons (Fsp3) is 0.429. The molecule has 4 aromatic rings. The van der Waals surface area contributed by atoms with Crippen molar-refractivity contribution in [2.24, 2.45) is 5.73 Å². The molecule has 212 valence electrons. The molecule has 0 aliphatic heterocycles. The second-order valence-electron chi connectivity index (χ2n) is 9.32. The van der Waals surface area contributed by atoms with E-state index in [9.17, 15) is 14.4 Å². The summed E-state index contributed by atoms with van der Waals surface area (Å²) in [5.74, 6) is -0.0512. The highest BCUT2D eigenvalue weighted by atomic mass is 32.1. The zero-order valence-corrected chi connectivity index (χ0v) is 24.7. The number of aliphatic hydroxyl groups excluding tert-OH is 1. The van der Waals surface area contributed by atoms with Crippen LogP contribution in [0.3, 0.4) is 0 Å². The first-order valence-corrected chi connectivity index (χ1v) is 13.6. The third kappa shape index (κ3) is 6.66. The van der Waals surface area contributed by atoms with Crippen LogP contribution in [0.25, 0.3) is 15.2 Å². The average molecular weight is 558 g/mol. The summed E-state index contributed by atoms with van der Waals surface area (Å²) in [6, 6.07) is 9.35. The van der Waals surface area contributed by atoms with Gasteiger partial charge >= 0.3 is 5.69 Å². The highest BCUT2D eigenvalue weighted by molar-refractivity contribution is 7.21. The average Bonchev–Trinajstić information content (AvgIpc) is 3.53. The van der Waals surface area contributed by atoms with Crippen LogP contribution in [0.4, 0.5) is 0 Å². The number of aryl methyl sites for hydroxylation is 3. The monoisotopic (exact) mass is 557 g/mol. The maximum atomic E-state index is 13.6. The van der Waals surface area contributed by atoms with Gasteiger partial charge in [-0.3, -0.25) is 14.2 Å². The molecule has 39 heavy (non-hydrogen) atoms. The van der Waals surface area contributed by atoms with Gasteiger partial charge in [-0.15, -0.1) is 0 Å². The van der Waals surface area contributed by atoms with Crippen molar-refractivity contribution in [3.05, 3.63) is 74.7 Å². The lowest BCUT2D eigenvalue weighted by Crippen LogP contribution is -2.54. The molecule has 3 aromatic heterocycles. The van der Waals surface area contributed by atoms with Crippen LogP contribution < -0.4 is 21.7 Å². The van der Waals surface area contributed by atoms with E-state index >= 15 is 0 Å². The van der Waals surface area contributed by atoms with Gasteiger partial charge in [-0.2, -0.15) is 5.10 Å². The highest BCUT2D eigenvalue weighted by Crippen LogP contribution is 2.31. The summed E-state index contributed by atoms with van der Waals surface area (Å²) in [7, 11) is 1.59. The lowest BCUT2D eigenvalue weighted by Gasteiger charge is -2.24. The van der Waals surface area contributed by atoms with Crippen LogP contribution in [-0.2, 0) is 23.3 Å². The van der Waals surface area contributed by atoms with Crippen LogP contribution in [0.15, 0.2) is 52.3 Å². The fourth-order valence-corrected chi connectivity index (χ4v) is 5.15. The van der Waals surface area contributed by atoms with Crippen LogP contribution in [0.1, 0.15) is 52.7 Å². The maximum absolute atomic E-state index is 13.6. The standard InChI is InChI=1S/C23H25N5O4S.C3H8O.C2H6/c1-14-17-18(29)28(23(2,3)21(24)30)22(31)26(13-10-15-8-5-6-9-16(15)32-4)20(17)33-19(14)27-12-7-11-25-27;1-3(2)4;1-2/h5-9,11-12H,10,13H2,1-4H3,(H2,24,30);3-4H,1-2H3;1-2H3. The number of carbonyl (C=O) groups is 1. The number of ether oxygens (including phenoxy) is 1. The number of rotatable bonds is 7. The Morgan fingerprint density at radius 1 is 1.18 bits per heavy atom. The molecule has 1 amide bonds. The molecule has 0 unspecified atom stereocenters. The number of para-hydroxylation sites is 1. The molecule has 0 spiro atoms. The van der Waals surface area contributed by atoms with Gasteiger partial charge in [0, 0.05) is 30.6 Å². The number of aromatic nitrogens is 4. The summed E-state index contributed by atoms with van der Waals surface area (Å²) in [6.07, 6.45) is 3.75. The van der Waals surface area contributed by atoms with Gasteiger partial charge < -0.3 is 15.6 Å². The number of carbonyl (C=O) groups excluding carboxylic acids is 1. The van der Waals surface area contributed by atoms with Gasteiger partial charge in [0.1, 0.15) is 21.1 Å². The molecule has 0 atom stereocenters. The number of thiophene rings is 1. The van der Waals surface area contributed by atoms with Crippen LogP contribution in [0.2, 0.25) is 0 Å². The van der Waals surface area contributed by atoms with Crippen LogP contribution in [0, 0.1) is 6.92 Å². The molecule has 0 saturated carbocycles. The van der Waals surface area contributed by atoms with E-state index in [1.54, 1.807) is 48.7 Å². The van der Waals surface area contributed by atoms with Crippen molar-refractivity contribution in [3.63, 3.8) is 0 Å². The van der Waals surface area contributed by atoms with E-state index in [0.717, 1.165) is 15.1 Å². The van der Waals surface area contributed by atoms with Gasteiger partial charge in [0.2, 0.25) is 5.91 Å². The fourth-order valence-electron chi connectivity index (χ4n) is 3.88. The number of nitrogens with two attached hydrogens (primary N) is 1. The van der Waals surface area contributed by atoms with Crippen molar-refractivity contribution in [1.29, 1.82) is 0 Å². The maximum Gasteiger partial charge on any atom is 0.333 e. The second kappa shape index (κ2) is 13.4. The van der Waals surface area contributed by atoms with Crippen molar-refractivity contribution in [3.8, 4) is 10.8 Å². The third-order valence-corrected chi connectivity index (χ3v) is 7.16. The number of fused-ring (bicyclic) bond motifs is 1. The number of amides is 1. The van der Waals surface area contributed by atoms with Crippen molar-refractivity contribution < 1.29 is 14.6 Å². The van der Waals surface area contributed by atoms with Gasteiger partial charge in [0.25, 0.3) is 5.56 Å². The molecular formula is C28H39N5O5S. The quantitative estimate of drug-likeness (QED) is 0.357. The molecule has 3 heterocycles. The zero-order valence-electron chi connectivity index (χ0n) is 23.9. The Morgan fingerprint density at radius 2 is 1.79 bits per heavy atom. The van der Waals surface area contributed by atoms with Gasteiger partial charge in [-0.05, 0) is 58.7 Å². The molecule has 0 radical (unpaired) electrons. The van der Waals surface area contributed by atoms with Crippen LogP contribution in [0.5, 0.6) is 5.75 Å².